The minimum atomic E-state index is -4.48. The molecule has 1 aliphatic rings. The standard InChI is InChI=1S/C21H17F3N4O/c22-21(23,24)16-7-3-8-17(11-16)27-19(29)15-12-25-20(26-13-15)28-10-4-6-14-5-1-2-9-18(14)28/h1-3,5,7-9,11-13H,4,6,10H2,(H,27,29). The molecule has 29 heavy (non-hydrogen) atoms. The number of rotatable bonds is 3. The van der Waals surface area contributed by atoms with Crippen LogP contribution < -0.4 is 10.2 Å². The van der Waals surface area contributed by atoms with E-state index in [4.69, 9.17) is 0 Å². The second-order valence-electron chi connectivity index (χ2n) is 6.69. The van der Waals surface area contributed by atoms with Crippen LogP contribution in [-0.4, -0.2) is 22.4 Å². The molecule has 0 fully saturated rings. The number of aromatic nitrogens is 2. The highest BCUT2D eigenvalue weighted by molar-refractivity contribution is 6.03. The lowest BCUT2D eigenvalue weighted by molar-refractivity contribution is -0.137. The maximum Gasteiger partial charge on any atom is 0.416 e. The first-order valence-corrected chi connectivity index (χ1v) is 9.08. The Bertz CT molecular complexity index is 1030. The first-order valence-electron chi connectivity index (χ1n) is 9.08. The zero-order chi connectivity index (χ0) is 20.4. The Labute approximate surface area is 165 Å². The molecular weight excluding hydrogens is 381 g/mol. The molecule has 0 bridgehead atoms. The fourth-order valence-electron chi connectivity index (χ4n) is 3.30. The van der Waals surface area contributed by atoms with E-state index in [0.717, 1.165) is 37.2 Å². The predicted molar refractivity (Wildman–Crippen MR) is 103 cm³/mol. The maximum atomic E-state index is 12.8. The number of anilines is 3. The fraction of sp³-hybridized carbons (Fsp3) is 0.190. The molecule has 8 heteroatoms. The number of carbonyl (C=O) groups is 1. The van der Waals surface area contributed by atoms with Crippen LogP contribution in [-0.2, 0) is 12.6 Å². The van der Waals surface area contributed by atoms with Crippen LogP contribution in [0.4, 0.5) is 30.5 Å². The van der Waals surface area contributed by atoms with Crippen molar-refractivity contribution in [2.75, 3.05) is 16.8 Å². The Balaban J connectivity index is 1.51. The summed E-state index contributed by atoms with van der Waals surface area (Å²) in [6, 6.07) is 12.5. The van der Waals surface area contributed by atoms with Crippen LogP contribution in [0.15, 0.2) is 60.9 Å². The quantitative estimate of drug-likeness (QED) is 0.687. The summed E-state index contributed by atoms with van der Waals surface area (Å²) in [6.07, 6.45) is 0.240. The van der Waals surface area contributed by atoms with E-state index in [9.17, 15) is 18.0 Å². The first kappa shape index (κ1) is 18.9. The van der Waals surface area contributed by atoms with Crippen molar-refractivity contribution < 1.29 is 18.0 Å². The number of alkyl halides is 3. The number of carbonyl (C=O) groups excluding carboxylic acids is 1. The van der Waals surface area contributed by atoms with Gasteiger partial charge < -0.3 is 10.2 Å². The third-order valence-electron chi connectivity index (χ3n) is 4.70. The fourth-order valence-corrected chi connectivity index (χ4v) is 3.30. The molecule has 0 spiro atoms. The number of para-hydroxylation sites is 1. The minimum absolute atomic E-state index is 0.0545. The van der Waals surface area contributed by atoms with E-state index in [1.807, 2.05) is 23.1 Å². The van der Waals surface area contributed by atoms with E-state index in [0.29, 0.717) is 5.95 Å². The van der Waals surface area contributed by atoms with Crippen molar-refractivity contribution in [3.8, 4) is 0 Å². The Morgan fingerprint density at radius 2 is 1.79 bits per heavy atom. The number of halogens is 3. The van der Waals surface area contributed by atoms with Gasteiger partial charge in [-0.2, -0.15) is 13.2 Å². The second kappa shape index (κ2) is 7.54. The summed E-state index contributed by atoms with van der Waals surface area (Å²) in [5, 5.41) is 2.45. The molecular formula is C21H17F3N4O. The SMILES string of the molecule is O=C(Nc1cccc(C(F)(F)F)c1)c1cnc(N2CCCc3ccccc32)nc1. The second-order valence-corrected chi connectivity index (χ2v) is 6.69. The van der Waals surface area contributed by atoms with Crippen molar-refractivity contribution in [2.45, 2.75) is 19.0 Å². The van der Waals surface area contributed by atoms with Crippen LogP contribution in [0.2, 0.25) is 0 Å². The van der Waals surface area contributed by atoms with Gasteiger partial charge in [-0.15, -0.1) is 0 Å². The van der Waals surface area contributed by atoms with Crippen LogP contribution in [0.5, 0.6) is 0 Å². The molecule has 0 atom stereocenters. The zero-order valence-corrected chi connectivity index (χ0v) is 15.3. The average molecular weight is 398 g/mol. The summed E-state index contributed by atoms with van der Waals surface area (Å²) < 4.78 is 38.5. The van der Waals surface area contributed by atoms with Gasteiger partial charge in [0, 0.05) is 30.3 Å². The van der Waals surface area contributed by atoms with Crippen molar-refractivity contribution in [2.24, 2.45) is 0 Å². The van der Waals surface area contributed by atoms with E-state index < -0.39 is 17.6 Å². The molecule has 1 N–H and O–H groups in total. The number of nitrogens with zero attached hydrogens (tertiary/aromatic N) is 3. The number of nitrogens with one attached hydrogen (secondary N) is 1. The van der Waals surface area contributed by atoms with Gasteiger partial charge in [0.1, 0.15) is 0 Å². The summed E-state index contributed by atoms with van der Waals surface area (Å²) in [5.41, 5.74) is 1.65. The van der Waals surface area contributed by atoms with Crippen LogP contribution in [0, 0.1) is 0 Å². The molecule has 1 aliphatic heterocycles. The third kappa shape index (κ3) is 4.06. The van der Waals surface area contributed by atoms with Crippen LogP contribution >= 0.6 is 0 Å². The van der Waals surface area contributed by atoms with E-state index >= 15 is 0 Å². The highest BCUT2D eigenvalue weighted by Gasteiger charge is 2.30. The highest BCUT2D eigenvalue weighted by atomic mass is 19.4. The Morgan fingerprint density at radius 3 is 2.55 bits per heavy atom. The molecule has 0 saturated carbocycles. The van der Waals surface area contributed by atoms with Crippen molar-refractivity contribution >= 4 is 23.2 Å². The zero-order valence-electron chi connectivity index (χ0n) is 15.3. The van der Waals surface area contributed by atoms with Crippen molar-refractivity contribution in [1.29, 1.82) is 0 Å². The van der Waals surface area contributed by atoms with Crippen molar-refractivity contribution in [3.63, 3.8) is 0 Å². The first-order chi connectivity index (χ1) is 13.9. The number of fused-ring (bicyclic) bond motifs is 1. The monoisotopic (exact) mass is 398 g/mol. The third-order valence-corrected chi connectivity index (χ3v) is 4.70. The van der Waals surface area contributed by atoms with Gasteiger partial charge >= 0.3 is 6.18 Å². The largest absolute Gasteiger partial charge is 0.416 e. The molecule has 148 valence electrons. The molecule has 2 heterocycles. The number of benzene rings is 2. The van der Waals surface area contributed by atoms with Crippen molar-refractivity contribution in [3.05, 3.63) is 77.6 Å². The molecule has 0 radical (unpaired) electrons. The van der Waals surface area contributed by atoms with Gasteiger partial charge in [-0.25, -0.2) is 9.97 Å². The van der Waals surface area contributed by atoms with E-state index in [2.05, 4.69) is 21.4 Å². The lowest BCUT2D eigenvalue weighted by Crippen LogP contribution is -2.26. The maximum absolute atomic E-state index is 12.8. The molecule has 0 aliphatic carbocycles. The summed E-state index contributed by atoms with van der Waals surface area (Å²) in [6.45, 7) is 0.771. The molecule has 2 aromatic carbocycles. The van der Waals surface area contributed by atoms with Gasteiger partial charge in [0.2, 0.25) is 5.95 Å². The van der Waals surface area contributed by atoms with E-state index in [1.165, 1.54) is 30.1 Å². The van der Waals surface area contributed by atoms with Gasteiger partial charge in [-0.3, -0.25) is 4.79 Å². The number of hydrogen-bond donors (Lipinski definition) is 1. The molecule has 0 unspecified atom stereocenters. The van der Waals surface area contributed by atoms with Gasteiger partial charge in [0.15, 0.2) is 0 Å². The predicted octanol–water partition coefficient (Wildman–Crippen LogP) is 4.83. The van der Waals surface area contributed by atoms with Gasteiger partial charge in [-0.05, 0) is 42.7 Å². The smallest absolute Gasteiger partial charge is 0.322 e. The number of hydrogen-bond acceptors (Lipinski definition) is 4. The van der Waals surface area contributed by atoms with Gasteiger partial charge in [0.25, 0.3) is 5.91 Å². The normalized spacial score (nSPS) is 13.7. The molecule has 0 saturated heterocycles. The van der Waals surface area contributed by atoms with Crippen LogP contribution in [0.3, 0.4) is 0 Å². The van der Waals surface area contributed by atoms with Gasteiger partial charge in [0.05, 0.1) is 11.1 Å². The van der Waals surface area contributed by atoms with Crippen LogP contribution in [0.25, 0.3) is 0 Å². The van der Waals surface area contributed by atoms with E-state index in [-0.39, 0.29) is 11.3 Å². The highest BCUT2D eigenvalue weighted by Crippen LogP contribution is 2.32. The Kier molecular flexibility index (Phi) is 4.92. The van der Waals surface area contributed by atoms with Crippen molar-refractivity contribution in [1.82, 2.24) is 9.97 Å². The number of amides is 1. The topological polar surface area (TPSA) is 58.1 Å². The summed E-state index contributed by atoms with van der Waals surface area (Å²) in [5.74, 6) is -0.0947. The number of aryl methyl sites for hydroxylation is 1. The summed E-state index contributed by atoms with van der Waals surface area (Å²) in [4.78, 5) is 23.0. The lowest BCUT2D eigenvalue weighted by Gasteiger charge is -2.29. The van der Waals surface area contributed by atoms with E-state index in [1.54, 1.807) is 0 Å². The molecule has 1 amide bonds. The molecule has 5 nitrogen and oxygen atoms in total. The molecule has 1 aromatic heterocycles. The minimum Gasteiger partial charge on any atom is -0.322 e. The van der Waals surface area contributed by atoms with Crippen LogP contribution in [0.1, 0.15) is 27.9 Å². The Hall–Kier alpha value is -3.42. The summed E-state index contributed by atoms with van der Waals surface area (Å²) >= 11 is 0. The Morgan fingerprint density at radius 1 is 1.03 bits per heavy atom. The van der Waals surface area contributed by atoms with Gasteiger partial charge in [-0.1, -0.05) is 24.3 Å². The average Bonchev–Trinajstić information content (AvgIpc) is 2.73. The summed E-state index contributed by atoms with van der Waals surface area (Å²) in [7, 11) is 0. The lowest BCUT2D eigenvalue weighted by atomic mass is 10.0. The molecule has 3 aromatic rings. The molecule has 4 rings (SSSR count).